The summed E-state index contributed by atoms with van der Waals surface area (Å²) in [6.07, 6.45) is 2.31. The summed E-state index contributed by atoms with van der Waals surface area (Å²) in [5, 5.41) is 10.4. The molecule has 2 atom stereocenters. The van der Waals surface area contributed by atoms with E-state index in [-0.39, 0.29) is 12.6 Å². The Labute approximate surface area is 163 Å². The molecular weight excluding hydrogens is 362 g/mol. The molecule has 1 aromatic heterocycles. The van der Waals surface area contributed by atoms with Gasteiger partial charge in [0.05, 0.1) is 20.8 Å². The van der Waals surface area contributed by atoms with Gasteiger partial charge in [-0.25, -0.2) is 4.79 Å². The summed E-state index contributed by atoms with van der Waals surface area (Å²) >= 11 is 0. The lowest BCUT2D eigenvalue weighted by molar-refractivity contribution is 0.193. The molecule has 2 amide bonds. The van der Waals surface area contributed by atoms with E-state index in [1.807, 2.05) is 11.0 Å². The topological polar surface area (TPSA) is 102 Å². The van der Waals surface area contributed by atoms with Crippen molar-refractivity contribution in [1.29, 1.82) is 0 Å². The van der Waals surface area contributed by atoms with E-state index in [0.29, 0.717) is 35.2 Å². The number of piperidine rings is 1. The molecular formula is C19H25N5O4. The van der Waals surface area contributed by atoms with Crippen LogP contribution in [0.2, 0.25) is 0 Å². The van der Waals surface area contributed by atoms with E-state index in [4.69, 9.17) is 14.0 Å². The molecule has 0 radical (unpaired) electrons. The Hall–Kier alpha value is -2.81. The fraction of sp³-hybridized carbons (Fsp3) is 0.526. The molecule has 3 aliphatic heterocycles. The number of rotatable bonds is 5. The lowest BCUT2D eigenvalue weighted by Crippen LogP contribution is -2.44. The van der Waals surface area contributed by atoms with E-state index in [1.165, 1.54) is 6.42 Å². The van der Waals surface area contributed by atoms with Gasteiger partial charge in [-0.3, -0.25) is 0 Å². The lowest BCUT2D eigenvalue weighted by atomic mass is 9.97. The van der Waals surface area contributed by atoms with Crippen molar-refractivity contribution in [3.63, 3.8) is 0 Å². The maximum absolute atomic E-state index is 12.5. The molecule has 3 fully saturated rings. The van der Waals surface area contributed by atoms with Crippen LogP contribution in [0.1, 0.15) is 18.7 Å². The third kappa shape index (κ3) is 3.89. The zero-order valence-electron chi connectivity index (χ0n) is 16.1. The van der Waals surface area contributed by atoms with Gasteiger partial charge in [0.1, 0.15) is 0 Å². The molecule has 2 aromatic rings. The van der Waals surface area contributed by atoms with Crippen LogP contribution in [0.4, 0.5) is 4.79 Å². The number of nitrogens with zero attached hydrogens (tertiary/aromatic N) is 3. The van der Waals surface area contributed by atoms with E-state index in [2.05, 4.69) is 20.8 Å². The van der Waals surface area contributed by atoms with Crippen LogP contribution in [0.15, 0.2) is 22.7 Å². The Kier molecular flexibility index (Phi) is 5.34. The highest BCUT2D eigenvalue weighted by Gasteiger charge is 2.31. The molecule has 28 heavy (non-hydrogen) atoms. The Morgan fingerprint density at radius 3 is 2.89 bits per heavy atom. The van der Waals surface area contributed by atoms with Crippen molar-refractivity contribution in [2.75, 3.05) is 33.9 Å². The van der Waals surface area contributed by atoms with Crippen LogP contribution in [-0.2, 0) is 6.54 Å². The smallest absolute Gasteiger partial charge is 0.317 e. The van der Waals surface area contributed by atoms with E-state index in [1.54, 1.807) is 26.4 Å². The standard InChI is InChI=1S/C19H25N5O4/c1-26-15-6-4-13(7-16(15)27-2)18-22-17(28-23-18)9-21-19(25)24-10-12-3-5-14(11-24)20-8-12/h4,6-7,12,14,20H,3,5,8-11H2,1-2H3,(H,21,25)/t12-,14-/m0/s1. The second-order valence-electron chi connectivity index (χ2n) is 7.19. The minimum absolute atomic E-state index is 0.0912. The van der Waals surface area contributed by atoms with Gasteiger partial charge in [0.2, 0.25) is 11.7 Å². The number of carbonyl (C=O) groups excluding carboxylic acids is 1. The van der Waals surface area contributed by atoms with Crippen LogP contribution in [0.25, 0.3) is 11.4 Å². The van der Waals surface area contributed by atoms with Gasteiger partial charge in [-0.1, -0.05) is 5.16 Å². The summed E-state index contributed by atoms with van der Waals surface area (Å²) in [5.74, 6) is 2.54. The van der Waals surface area contributed by atoms with Gasteiger partial charge in [0.25, 0.3) is 0 Å². The largest absolute Gasteiger partial charge is 0.493 e. The summed E-state index contributed by atoms with van der Waals surface area (Å²) in [6, 6.07) is 5.70. The minimum atomic E-state index is -0.0912. The van der Waals surface area contributed by atoms with Gasteiger partial charge < -0.3 is 29.5 Å². The molecule has 9 nitrogen and oxygen atoms in total. The number of hydrogen-bond acceptors (Lipinski definition) is 7. The van der Waals surface area contributed by atoms with Crippen LogP contribution in [0, 0.1) is 5.92 Å². The molecule has 9 heteroatoms. The number of carbonyl (C=O) groups is 1. The molecule has 4 heterocycles. The SMILES string of the molecule is COc1ccc(-c2noc(CNC(=O)N3C[C@H]4CC[C@@H](C3)NC4)n2)cc1OC. The number of hydrogen-bond donors (Lipinski definition) is 2. The predicted octanol–water partition coefficient (Wildman–Crippen LogP) is 1.65. The number of ether oxygens (including phenoxy) is 2. The summed E-state index contributed by atoms with van der Waals surface area (Å²) in [6.45, 7) is 2.71. The monoisotopic (exact) mass is 387 g/mol. The van der Waals surface area contributed by atoms with Crippen molar-refractivity contribution < 1.29 is 18.8 Å². The van der Waals surface area contributed by atoms with Gasteiger partial charge in [-0.15, -0.1) is 0 Å². The van der Waals surface area contributed by atoms with E-state index < -0.39 is 0 Å². The lowest BCUT2D eigenvalue weighted by Gasteiger charge is -2.23. The minimum Gasteiger partial charge on any atom is -0.493 e. The zero-order chi connectivity index (χ0) is 19.5. The van der Waals surface area contributed by atoms with Crippen molar-refractivity contribution in [2.45, 2.75) is 25.4 Å². The van der Waals surface area contributed by atoms with Crippen LogP contribution in [0.3, 0.4) is 0 Å². The normalized spacial score (nSPS) is 21.3. The number of amides is 2. The van der Waals surface area contributed by atoms with Crippen LogP contribution < -0.4 is 20.1 Å². The van der Waals surface area contributed by atoms with Crippen LogP contribution in [0.5, 0.6) is 11.5 Å². The fourth-order valence-corrected chi connectivity index (χ4v) is 3.79. The van der Waals surface area contributed by atoms with Crippen molar-refractivity contribution in [2.24, 2.45) is 5.92 Å². The molecule has 3 saturated heterocycles. The average Bonchev–Trinajstić information content (AvgIpc) is 3.00. The molecule has 5 rings (SSSR count). The average molecular weight is 387 g/mol. The van der Waals surface area contributed by atoms with Crippen molar-refractivity contribution in [3.8, 4) is 22.9 Å². The van der Waals surface area contributed by atoms with Crippen molar-refractivity contribution in [1.82, 2.24) is 25.7 Å². The Morgan fingerprint density at radius 1 is 1.29 bits per heavy atom. The second kappa shape index (κ2) is 8.05. The molecule has 2 bridgehead atoms. The first-order valence-electron chi connectivity index (χ1n) is 9.47. The predicted molar refractivity (Wildman–Crippen MR) is 101 cm³/mol. The number of nitrogens with one attached hydrogen (secondary N) is 2. The van der Waals surface area contributed by atoms with Crippen LogP contribution >= 0.6 is 0 Å². The third-order valence-electron chi connectivity index (χ3n) is 5.33. The first-order chi connectivity index (χ1) is 13.7. The molecule has 3 aliphatic rings. The van der Waals surface area contributed by atoms with Gasteiger partial charge in [-0.05, 0) is 43.5 Å². The van der Waals surface area contributed by atoms with E-state index in [0.717, 1.165) is 31.6 Å². The maximum atomic E-state index is 12.5. The highest BCUT2D eigenvalue weighted by molar-refractivity contribution is 5.74. The molecule has 2 N–H and O–H groups in total. The number of benzene rings is 1. The van der Waals surface area contributed by atoms with Gasteiger partial charge in [0.15, 0.2) is 11.5 Å². The number of urea groups is 1. The van der Waals surface area contributed by atoms with Crippen molar-refractivity contribution in [3.05, 3.63) is 24.1 Å². The molecule has 0 spiro atoms. The number of fused-ring (bicyclic) bond motifs is 4. The highest BCUT2D eigenvalue weighted by Crippen LogP contribution is 2.31. The summed E-state index contributed by atoms with van der Waals surface area (Å²) < 4.78 is 15.8. The van der Waals surface area contributed by atoms with Gasteiger partial charge in [0, 0.05) is 24.7 Å². The van der Waals surface area contributed by atoms with Gasteiger partial charge >= 0.3 is 6.03 Å². The highest BCUT2D eigenvalue weighted by atomic mass is 16.5. The molecule has 0 unspecified atom stereocenters. The second-order valence-corrected chi connectivity index (χ2v) is 7.19. The van der Waals surface area contributed by atoms with Crippen molar-refractivity contribution >= 4 is 6.03 Å². The zero-order valence-corrected chi connectivity index (χ0v) is 16.1. The van der Waals surface area contributed by atoms with Crippen LogP contribution in [-0.4, -0.2) is 61.0 Å². The van der Waals surface area contributed by atoms with Gasteiger partial charge in [-0.2, -0.15) is 4.98 Å². The molecule has 150 valence electrons. The first-order valence-corrected chi connectivity index (χ1v) is 9.47. The third-order valence-corrected chi connectivity index (χ3v) is 5.33. The molecule has 1 aromatic carbocycles. The first kappa shape index (κ1) is 18.5. The fourth-order valence-electron chi connectivity index (χ4n) is 3.79. The Bertz CT molecular complexity index is 817. The number of aromatic nitrogens is 2. The Morgan fingerprint density at radius 2 is 2.14 bits per heavy atom. The Balaban J connectivity index is 1.38. The number of methoxy groups -OCH3 is 2. The van der Waals surface area contributed by atoms with E-state index >= 15 is 0 Å². The van der Waals surface area contributed by atoms with E-state index in [9.17, 15) is 4.79 Å². The maximum Gasteiger partial charge on any atom is 0.317 e. The molecule has 0 aliphatic carbocycles. The summed E-state index contributed by atoms with van der Waals surface area (Å²) in [5.41, 5.74) is 0.745. The molecule has 0 saturated carbocycles. The summed E-state index contributed by atoms with van der Waals surface area (Å²) in [7, 11) is 3.15. The quantitative estimate of drug-likeness (QED) is 0.804. The summed E-state index contributed by atoms with van der Waals surface area (Å²) in [4.78, 5) is 18.8.